The van der Waals surface area contributed by atoms with Gasteiger partial charge in [-0.3, -0.25) is 0 Å². The third-order valence-electron chi connectivity index (χ3n) is 4.39. The van der Waals surface area contributed by atoms with Gasteiger partial charge in [0.1, 0.15) is 0 Å². The van der Waals surface area contributed by atoms with Crippen LogP contribution in [0.5, 0.6) is 0 Å². The first-order chi connectivity index (χ1) is 9.72. The second-order valence-electron chi connectivity index (χ2n) is 5.72. The third-order valence-corrected chi connectivity index (χ3v) is 4.39. The minimum absolute atomic E-state index is 0.257. The maximum atomic E-state index is 11.7. The monoisotopic (exact) mass is 275 g/mol. The van der Waals surface area contributed by atoms with E-state index in [1.165, 1.54) is 39.2 Å². The average Bonchev–Trinajstić information content (AvgIpc) is 2.53. The first-order valence-corrected chi connectivity index (χ1v) is 7.62. The van der Waals surface area contributed by atoms with Crippen molar-refractivity contribution in [1.29, 1.82) is 0 Å². The SMILES string of the molecule is COC(=O)c1ccccc1CNC(C)C1CCCCC1. The normalized spacial score (nSPS) is 17.7. The van der Waals surface area contributed by atoms with Crippen molar-refractivity contribution in [1.82, 2.24) is 5.32 Å². The summed E-state index contributed by atoms with van der Waals surface area (Å²) in [6.07, 6.45) is 6.75. The van der Waals surface area contributed by atoms with Crippen LogP contribution in [0, 0.1) is 5.92 Å². The zero-order valence-corrected chi connectivity index (χ0v) is 12.5. The number of methoxy groups -OCH3 is 1. The smallest absolute Gasteiger partial charge is 0.338 e. The summed E-state index contributed by atoms with van der Waals surface area (Å²) in [5.74, 6) is 0.516. The van der Waals surface area contributed by atoms with Gasteiger partial charge in [0, 0.05) is 12.6 Å². The lowest BCUT2D eigenvalue weighted by Gasteiger charge is -2.28. The number of nitrogens with one attached hydrogen (secondary N) is 1. The Balaban J connectivity index is 1.94. The lowest BCUT2D eigenvalue weighted by molar-refractivity contribution is 0.0599. The van der Waals surface area contributed by atoms with Crippen molar-refractivity contribution in [3.05, 3.63) is 35.4 Å². The molecule has 1 fully saturated rings. The fourth-order valence-corrected chi connectivity index (χ4v) is 3.06. The number of hydrogen-bond donors (Lipinski definition) is 1. The minimum Gasteiger partial charge on any atom is -0.465 e. The molecule has 2 rings (SSSR count). The van der Waals surface area contributed by atoms with Crippen molar-refractivity contribution in [2.75, 3.05) is 7.11 Å². The summed E-state index contributed by atoms with van der Waals surface area (Å²) in [6.45, 7) is 2.99. The fourth-order valence-electron chi connectivity index (χ4n) is 3.06. The highest BCUT2D eigenvalue weighted by molar-refractivity contribution is 5.90. The quantitative estimate of drug-likeness (QED) is 0.835. The van der Waals surface area contributed by atoms with Crippen LogP contribution in [-0.2, 0) is 11.3 Å². The second kappa shape index (κ2) is 7.44. The highest BCUT2D eigenvalue weighted by Gasteiger charge is 2.20. The van der Waals surface area contributed by atoms with Crippen LogP contribution in [0.25, 0.3) is 0 Å². The number of ether oxygens (including phenoxy) is 1. The largest absolute Gasteiger partial charge is 0.465 e. The van der Waals surface area contributed by atoms with E-state index in [0.29, 0.717) is 11.6 Å². The Bertz CT molecular complexity index is 438. The van der Waals surface area contributed by atoms with Gasteiger partial charge in [0.25, 0.3) is 0 Å². The molecule has 1 aromatic carbocycles. The Morgan fingerprint density at radius 3 is 2.70 bits per heavy atom. The number of rotatable bonds is 5. The molecular formula is C17H25NO2. The van der Waals surface area contributed by atoms with E-state index < -0.39 is 0 Å². The van der Waals surface area contributed by atoms with Crippen LogP contribution in [0.3, 0.4) is 0 Å². The number of esters is 1. The van der Waals surface area contributed by atoms with Crippen molar-refractivity contribution in [2.24, 2.45) is 5.92 Å². The summed E-state index contributed by atoms with van der Waals surface area (Å²) in [5, 5.41) is 3.58. The first kappa shape index (κ1) is 15.0. The molecule has 1 unspecified atom stereocenters. The molecule has 1 atom stereocenters. The van der Waals surface area contributed by atoms with Crippen molar-refractivity contribution < 1.29 is 9.53 Å². The Labute approximate surface area is 121 Å². The number of carbonyl (C=O) groups excluding carboxylic acids is 1. The summed E-state index contributed by atoms with van der Waals surface area (Å²) in [6, 6.07) is 8.16. The zero-order chi connectivity index (χ0) is 14.4. The van der Waals surface area contributed by atoms with E-state index in [4.69, 9.17) is 4.74 Å². The van der Waals surface area contributed by atoms with Crippen molar-refractivity contribution in [3.63, 3.8) is 0 Å². The van der Waals surface area contributed by atoms with E-state index in [1.54, 1.807) is 0 Å². The number of benzene rings is 1. The van der Waals surface area contributed by atoms with Gasteiger partial charge in [0.15, 0.2) is 0 Å². The zero-order valence-electron chi connectivity index (χ0n) is 12.5. The summed E-state index contributed by atoms with van der Waals surface area (Å²) >= 11 is 0. The molecule has 3 nitrogen and oxygen atoms in total. The van der Waals surface area contributed by atoms with Crippen LogP contribution in [0.2, 0.25) is 0 Å². The van der Waals surface area contributed by atoms with Crippen LogP contribution in [0.4, 0.5) is 0 Å². The number of carbonyl (C=O) groups is 1. The van der Waals surface area contributed by atoms with E-state index in [-0.39, 0.29) is 5.97 Å². The first-order valence-electron chi connectivity index (χ1n) is 7.62. The van der Waals surface area contributed by atoms with Crippen LogP contribution in [0.15, 0.2) is 24.3 Å². The van der Waals surface area contributed by atoms with Crippen molar-refractivity contribution in [3.8, 4) is 0 Å². The van der Waals surface area contributed by atoms with Gasteiger partial charge in [-0.1, -0.05) is 37.5 Å². The van der Waals surface area contributed by atoms with Crippen LogP contribution in [0.1, 0.15) is 54.9 Å². The van der Waals surface area contributed by atoms with Gasteiger partial charge in [-0.15, -0.1) is 0 Å². The predicted molar refractivity (Wildman–Crippen MR) is 80.7 cm³/mol. The fraction of sp³-hybridized carbons (Fsp3) is 0.588. The maximum absolute atomic E-state index is 11.7. The molecule has 20 heavy (non-hydrogen) atoms. The predicted octanol–water partition coefficient (Wildman–Crippen LogP) is 3.53. The molecule has 0 spiro atoms. The molecule has 1 saturated carbocycles. The molecule has 1 aliphatic carbocycles. The molecule has 0 heterocycles. The van der Waals surface area contributed by atoms with E-state index in [2.05, 4.69) is 12.2 Å². The van der Waals surface area contributed by atoms with Gasteiger partial charge < -0.3 is 10.1 Å². The van der Waals surface area contributed by atoms with E-state index in [9.17, 15) is 4.79 Å². The highest BCUT2D eigenvalue weighted by Crippen LogP contribution is 2.26. The lowest BCUT2D eigenvalue weighted by Crippen LogP contribution is -2.34. The van der Waals surface area contributed by atoms with Crippen LogP contribution < -0.4 is 5.32 Å². The molecule has 0 aliphatic heterocycles. The Hall–Kier alpha value is -1.35. The Morgan fingerprint density at radius 1 is 1.30 bits per heavy atom. The summed E-state index contributed by atoms with van der Waals surface area (Å²) < 4.78 is 4.83. The molecular weight excluding hydrogens is 250 g/mol. The second-order valence-corrected chi connectivity index (χ2v) is 5.72. The van der Waals surface area contributed by atoms with Gasteiger partial charge >= 0.3 is 5.97 Å². The van der Waals surface area contributed by atoms with Gasteiger partial charge in [0.05, 0.1) is 12.7 Å². The highest BCUT2D eigenvalue weighted by atomic mass is 16.5. The Morgan fingerprint density at radius 2 is 2.00 bits per heavy atom. The van der Waals surface area contributed by atoms with Crippen molar-refractivity contribution >= 4 is 5.97 Å². The summed E-state index contributed by atoms with van der Waals surface area (Å²) in [7, 11) is 1.43. The van der Waals surface area contributed by atoms with E-state index >= 15 is 0 Å². The molecule has 1 aromatic rings. The van der Waals surface area contributed by atoms with Crippen LogP contribution in [-0.4, -0.2) is 19.1 Å². The van der Waals surface area contributed by atoms with E-state index in [1.807, 2.05) is 24.3 Å². The lowest BCUT2D eigenvalue weighted by atomic mass is 9.84. The average molecular weight is 275 g/mol. The molecule has 0 aromatic heterocycles. The van der Waals surface area contributed by atoms with Gasteiger partial charge in [-0.25, -0.2) is 4.79 Å². The van der Waals surface area contributed by atoms with Crippen molar-refractivity contribution in [2.45, 2.75) is 51.6 Å². The standard InChI is InChI=1S/C17H25NO2/c1-13(14-8-4-3-5-9-14)18-12-15-10-6-7-11-16(15)17(19)20-2/h6-7,10-11,13-14,18H,3-5,8-9,12H2,1-2H3. The molecule has 110 valence electrons. The van der Waals surface area contributed by atoms with Crippen LogP contribution >= 0.6 is 0 Å². The van der Waals surface area contributed by atoms with Gasteiger partial charge in [0.2, 0.25) is 0 Å². The molecule has 1 N–H and O–H groups in total. The topological polar surface area (TPSA) is 38.3 Å². The molecule has 3 heteroatoms. The minimum atomic E-state index is -0.257. The molecule has 0 bridgehead atoms. The Kier molecular flexibility index (Phi) is 5.60. The molecule has 1 aliphatic rings. The number of hydrogen-bond acceptors (Lipinski definition) is 3. The third kappa shape index (κ3) is 3.83. The molecule has 0 amide bonds. The van der Waals surface area contributed by atoms with Gasteiger partial charge in [-0.2, -0.15) is 0 Å². The van der Waals surface area contributed by atoms with Gasteiger partial charge in [-0.05, 0) is 37.3 Å². The summed E-state index contributed by atoms with van der Waals surface area (Å²) in [5.41, 5.74) is 1.68. The molecule has 0 radical (unpaired) electrons. The maximum Gasteiger partial charge on any atom is 0.338 e. The molecule has 0 saturated heterocycles. The summed E-state index contributed by atoms with van der Waals surface area (Å²) in [4.78, 5) is 11.7. The van der Waals surface area contributed by atoms with E-state index in [0.717, 1.165) is 18.0 Å².